The Labute approximate surface area is 195 Å². The molecular weight excluding hydrogens is 462 g/mol. The number of fused-ring (bicyclic) bond motifs is 1. The molecule has 4 rings (SSSR count). The van der Waals surface area contributed by atoms with Crippen LogP contribution in [0.1, 0.15) is 18.1 Å². The van der Waals surface area contributed by atoms with Crippen LogP contribution in [0.4, 0.5) is 0 Å². The van der Waals surface area contributed by atoms with Crippen LogP contribution in [-0.4, -0.2) is 21.5 Å². The Morgan fingerprint density at radius 1 is 0.939 bits per heavy atom. The maximum atomic E-state index is 13.5. The van der Waals surface area contributed by atoms with E-state index in [2.05, 4.69) is 11.8 Å². The van der Waals surface area contributed by atoms with Gasteiger partial charge < -0.3 is 9.13 Å². The molecule has 3 heterocycles. The molecule has 0 saturated heterocycles. The number of benzene rings is 1. The molecule has 33 heavy (non-hydrogen) atoms. The standard InChI is InChI=1S/C24H20ClN3O4S/c1-5-6-16-13-26(3)22(29)12-18(16)20-14-27(4)24(30)23-19(20)11-21(25)28(23)33(31,32)17-9-7-15(2)8-10-17/h7-14H,1-4H3. The molecule has 7 nitrogen and oxygen atoms in total. The fraction of sp³-hybridized carbons (Fsp3) is 0.167. The predicted molar refractivity (Wildman–Crippen MR) is 129 cm³/mol. The van der Waals surface area contributed by atoms with Crippen molar-refractivity contribution in [1.82, 2.24) is 13.1 Å². The van der Waals surface area contributed by atoms with Gasteiger partial charge in [-0.2, -0.15) is 0 Å². The minimum absolute atomic E-state index is 0.00563. The molecular formula is C24H20ClN3O4S. The van der Waals surface area contributed by atoms with Crippen molar-refractivity contribution in [3.63, 3.8) is 0 Å². The summed E-state index contributed by atoms with van der Waals surface area (Å²) >= 11 is 6.42. The van der Waals surface area contributed by atoms with Gasteiger partial charge in [-0.3, -0.25) is 9.59 Å². The summed E-state index contributed by atoms with van der Waals surface area (Å²) in [6.07, 6.45) is 3.16. The van der Waals surface area contributed by atoms with Crippen molar-refractivity contribution in [3.8, 4) is 23.0 Å². The van der Waals surface area contributed by atoms with Crippen molar-refractivity contribution in [2.75, 3.05) is 0 Å². The highest BCUT2D eigenvalue weighted by atomic mass is 35.5. The molecule has 0 amide bonds. The largest absolute Gasteiger partial charge is 0.317 e. The number of rotatable bonds is 3. The fourth-order valence-corrected chi connectivity index (χ4v) is 5.57. The topological polar surface area (TPSA) is 83.1 Å². The first-order valence-corrected chi connectivity index (χ1v) is 11.7. The van der Waals surface area contributed by atoms with E-state index in [1.54, 1.807) is 38.5 Å². The summed E-state index contributed by atoms with van der Waals surface area (Å²) in [4.78, 5) is 25.6. The molecule has 0 bridgehead atoms. The van der Waals surface area contributed by atoms with E-state index in [9.17, 15) is 18.0 Å². The van der Waals surface area contributed by atoms with Gasteiger partial charge in [0.1, 0.15) is 10.7 Å². The third-order valence-corrected chi connectivity index (χ3v) is 7.50. The lowest BCUT2D eigenvalue weighted by molar-refractivity contribution is 0.589. The zero-order chi connectivity index (χ0) is 24.1. The molecule has 0 N–H and O–H groups in total. The Balaban J connectivity index is 2.13. The summed E-state index contributed by atoms with van der Waals surface area (Å²) in [5.41, 5.74) is 1.50. The summed E-state index contributed by atoms with van der Waals surface area (Å²) in [5, 5.41) is 0.174. The number of hydrogen-bond donors (Lipinski definition) is 0. The van der Waals surface area contributed by atoms with Crippen LogP contribution in [0.15, 0.2) is 63.3 Å². The second-order valence-electron chi connectivity index (χ2n) is 7.70. The molecule has 0 aliphatic heterocycles. The van der Waals surface area contributed by atoms with Crippen LogP contribution in [0, 0.1) is 18.8 Å². The maximum Gasteiger partial charge on any atom is 0.275 e. The predicted octanol–water partition coefficient (Wildman–Crippen LogP) is 3.28. The molecule has 3 aromatic heterocycles. The van der Waals surface area contributed by atoms with Crippen LogP contribution in [-0.2, 0) is 24.1 Å². The fourth-order valence-electron chi connectivity index (χ4n) is 3.71. The smallest absolute Gasteiger partial charge is 0.275 e. The van der Waals surface area contributed by atoms with Gasteiger partial charge in [0.25, 0.3) is 21.1 Å². The molecule has 0 fully saturated rings. The zero-order valence-corrected chi connectivity index (χ0v) is 20.0. The molecule has 0 saturated carbocycles. The normalized spacial score (nSPS) is 11.4. The van der Waals surface area contributed by atoms with Crippen LogP contribution in [0.5, 0.6) is 0 Å². The van der Waals surface area contributed by atoms with Crippen molar-refractivity contribution in [3.05, 3.63) is 85.8 Å². The van der Waals surface area contributed by atoms with Crippen LogP contribution in [0.2, 0.25) is 5.15 Å². The number of aromatic nitrogens is 3. The first kappa shape index (κ1) is 22.6. The van der Waals surface area contributed by atoms with Gasteiger partial charge in [-0.1, -0.05) is 35.2 Å². The summed E-state index contributed by atoms with van der Waals surface area (Å²) < 4.78 is 30.5. The molecule has 0 radical (unpaired) electrons. The van der Waals surface area contributed by atoms with Crippen molar-refractivity contribution >= 4 is 32.5 Å². The van der Waals surface area contributed by atoms with E-state index >= 15 is 0 Å². The van der Waals surface area contributed by atoms with Crippen LogP contribution in [0.25, 0.3) is 22.0 Å². The zero-order valence-electron chi connectivity index (χ0n) is 18.4. The van der Waals surface area contributed by atoms with E-state index in [0.717, 1.165) is 9.54 Å². The quantitative estimate of drug-likeness (QED) is 0.420. The molecule has 0 atom stereocenters. The Hall–Kier alpha value is -3.54. The number of hydrogen-bond acceptors (Lipinski definition) is 4. The first-order valence-electron chi connectivity index (χ1n) is 9.93. The van der Waals surface area contributed by atoms with Gasteiger partial charge in [0.05, 0.1) is 4.90 Å². The van der Waals surface area contributed by atoms with E-state index < -0.39 is 15.6 Å². The van der Waals surface area contributed by atoms with Crippen molar-refractivity contribution < 1.29 is 8.42 Å². The lowest BCUT2D eigenvalue weighted by Gasteiger charge is -2.12. The Morgan fingerprint density at radius 3 is 2.24 bits per heavy atom. The number of nitrogens with zero attached hydrogens (tertiary/aromatic N) is 3. The Kier molecular flexibility index (Phi) is 5.56. The van der Waals surface area contributed by atoms with Gasteiger partial charge in [-0.15, -0.1) is 5.92 Å². The molecule has 168 valence electrons. The molecule has 0 unspecified atom stereocenters. The summed E-state index contributed by atoms with van der Waals surface area (Å²) in [6, 6.07) is 9.13. The van der Waals surface area contributed by atoms with Gasteiger partial charge >= 0.3 is 0 Å². The lowest BCUT2D eigenvalue weighted by Crippen LogP contribution is -2.23. The highest BCUT2D eigenvalue weighted by Gasteiger charge is 2.27. The van der Waals surface area contributed by atoms with E-state index in [1.165, 1.54) is 40.4 Å². The summed E-state index contributed by atoms with van der Waals surface area (Å²) in [5.74, 6) is 5.79. The van der Waals surface area contributed by atoms with Crippen LogP contribution in [0.3, 0.4) is 0 Å². The van der Waals surface area contributed by atoms with Crippen molar-refractivity contribution in [2.45, 2.75) is 18.7 Å². The second-order valence-corrected chi connectivity index (χ2v) is 9.87. The van der Waals surface area contributed by atoms with Gasteiger partial charge in [0, 0.05) is 54.6 Å². The monoisotopic (exact) mass is 481 g/mol. The Morgan fingerprint density at radius 2 is 1.61 bits per heavy atom. The van der Waals surface area contributed by atoms with Crippen molar-refractivity contribution in [1.29, 1.82) is 0 Å². The minimum atomic E-state index is -4.17. The number of halogens is 1. The third-order valence-electron chi connectivity index (χ3n) is 5.39. The number of pyridine rings is 2. The van der Waals surface area contributed by atoms with E-state index in [-0.39, 0.29) is 21.1 Å². The number of aryl methyl sites for hydroxylation is 3. The Bertz CT molecular complexity index is 1710. The third kappa shape index (κ3) is 3.69. The average molecular weight is 482 g/mol. The van der Waals surface area contributed by atoms with Gasteiger partial charge in [0.15, 0.2) is 0 Å². The first-order chi connectivity index (χ1) is 15.6. The van der Waals surface area contributed by atoms with E-state index in [1.807, 2.05) is 6.92 Å². The van der Waals surface area contributed by atoms with Crippen LogP contribution >= 0.6 is 11.6 Å². The van der Waals surface area contributed by atoms with Gasteiger partial charge in [0.2, 0.25) is 0 Å². The maximum absolute atomic E-state index is 13.5. The minimum Gasteiger partial charge on any atom is -0.317 e. The highest BCUT2D eigenvalue weighted by Crippen LogP contribution is 2.34. The van der Waals surface area contributed by atoms with Gasteiger partial charge in [-0.05, 0) is 32.0 Å². The van der Waals surface area contributed by atoms with E-state index in [4.69, 9.17) is 11.6 Å². The molecule has 9 heteroatoms. The van der Waals surface area contributed by atoms with Crippen LogP contribution < -0.4 is 11.1 Å². The average Bonchev–Trinajstić information content (AvgIpc) is 3.12. The highest BCUT2D eigenvalue weighted by molar-refractivity contribution is 7.90. The SMILES string of the molecule is CC#Cc1cn(C)c(=O)cc1-c1cn(C)c(=O)c2c1cc(Cl)n2S(=O)(=O)c1ccc(C)cc1. The lowest BCUT2D eigenvalue weighted by atomic mass is 10.0. The van der Waals surface area contributed by atoms with E-state index in [0.29, 0.717) is 22.1 Å². The van der Waals surface area contributed by atoms with Gasteiger partial charge in [-0.25, -0.2) is 12.4 Å². The molecule has 0 spiro atoms. The summed E-state index contributed by atoms with van der Waals surface area (Å²) in [6.45, 7) is 3.52. The molecule has 0 aliphatic carbocycles. The summed E-state index contributed by atoms with van der Waals surface area (Å²) in [7, 11) is -1.03. The second kappa shape index (κ2) is 8.10. The van der Waals surface area contributed by atoms with Crippen molar-refractivity contribution in [2.24, 2.45) is 14.1 Å². The molecule has 0 aliphatic rings. The molecule has 4 aromatic rings. The molecule has 1 aromatic carbocycles.